The molecule has 2 atom stereocenters. The SMILES string of the molecule is C.Cc1cccc(Nc2nc(Nc3cccc(NC(=O)/C=C/CN4C[C@@H](C)N[C@@H](C)C4)c3)ncc2F)c1. The van der Waals surface area contributed by atoms with Crippen LogP contribution in [0.25, 0.3) is 0 Å². The Balaban J connectivity index is 0.00000380. The van der Waals surface area contributed by atoms with Gasteiger partial charge in [-0.3, -0.25) is 9.69 Å². The predicted molar refractivity (Wildman–Crippen MR) is 149 cm³/mol. The van der Waals surface area contributed by atoms with Crippen molar-refractivity contribution in [3.8, 4) is 0 Å². The number of aryl methyl sites for hydroxylation is 1. The molecule has 1 aliphatic rings. The number of benzene rings is 2. The van der Waals surface area contributed by atoms with Gasteiger partial charge in [0.05, 0.1) is 6.20 Å². The van der Waals surface area contributed by atoms with Crippen LogP contribution in [0.5, 0.6) is 0 Å². The molecular weight excluding hydrogens is 469 g/mol. The summed E-state index contributed by atoms with van der Waals surface area (Å²) in [5, 5.41) is 12.4. The minimum atomic E-state index is -0.556. The summed E-state index contributed by atoms with van der Waals surface area (Å²) in [5.74, 6) is -0.457. The zero-order valence-electron chi connectivity index (χ0n) is 20.8. The number of nitrogens with zero attached hydrogens (tertiary/aromatic N) is 3. The molecule has 0 unspecified atom stereocenters. The van der Waals surface area contributed by atoms with Gasteiger partial charge in [0.25, 0.3) is 0 Å². The zero-order valence-corrected chi connectivity index (χ0v) is 20.8. The Labute approximate surface area is 218 Å². The molecule has 9 heteroatoms. The number of carbonyl (C=O) groups excluding carboxylic acids is 1. The predicted octanol–water partition coefficient (Wildman–Crippen LogP) is 5.22. The van der Waals surface area contributed by atoms with E-state index in [9.17, 15) is 9.18 Å². The number of carbonyl (C=O) groups is 1. The van der Waals surface area contributed by atoms with E-state index in [-0.39, 0.29) is 25.1 Å². The highest BCUT2D eigenvalue weighted by Crippen LogP contribution is 2.22. The summed E-state index contributed by atoms with van der Waals surface area (Å²) in [6.07, 6.45) is 4.56. The van der Waals surface area contributed by atoms with Gasteiger partial charge in [0.2, 0.25) is 11.9 Å². The fraction of sp³-hybridized carbons (Fsp3) is 0.321. The molecule has 3 aromatic rings. The average Bonchev–Trinajstić information content (AvgIpc) is 2.81. The summed E-state index contributed by atoms with van der Waals surface area (Å²) in [7, 11) is 0. The number of piperazine rings is 1. The Bertz CT molecular complexity index is 1220. The standard InChI is InChI=1S/C27H32FN7O.CH4/c1-18-7-4-8-21(13-18)32-26-24(28)15-29-27(34-26)33-23-10-5-9-22(14-23)31-25(36)11-6-12-35-16-19(2)30-20(3)17-35;/h4-11,13-15,19-20,30H,12,16-17H2,1-3H3,(H,31,36)(H2,29,32,33,34);1H4/b11-6+;/t19-,20+;. The Hall–Kier alpha value is -3.82. The van der Waals surface area contributed by atoms with Crippen molar-refractivity contribution in [3.63, 3.8) is 0 Å². The molecule has 1 amide bonds. The Morgan fingerprint density at radius 3 is 2.49 bits per heavy atom. The van der Waals surface area contributed by atoms with E-state index in [0.717, 1.165) is 37.1 Å². The molecule has 4 rings (SSSR count). The molecule has 0 aliphatic carbocycles. The van der Waals surface area contributed by atoms with E-state index in [1.165, 1.54) is 0 Å². The summed E-state index contributed by atoms with van der Waals surface area (Å²) in [4.78, 5) is 23.0. The van der Waals surface area contributed by atoms with Gasteiger partial charge in [0, 0.05) is 54.9 Å². The monoisotopic (exact) mass is 505 g/mol. The molecule has 196 valence electrons. The lowest BCUT2D eigenvalue weighted by molar-refractivity contribution is -0.111. The Morgan fingerprint density at radius 1 is 1.08 bits per heavy atom. The van der Waals surface area contributed by atoms with Crippen molar-refractivity contribution < 1.29 is 9.18 Å². The minimum absolute atomic E-state index is 0. The van der Waals surface area contributed by atoms with Crippen molar-refractivity contribution in [2.45, 2.75) is 40.3 Å². The third-order valence-corrected chi connectivity index (χ3v) is 5.68. The average molecular weight is 506 g/mol. The second-order valence-corrected chi connectivity index (χ2v) is 9.17. The third kappa shape index (κ3) is 8.37. The molecule has 0 bridgehead atoms. The maximum atomic E-state index is 14.3. The van der Waals surface area contributed by atoms with E-state index in [1.807, 2.05) is 43.3 Å². The van der Waals surface area contributed by atoms with Crippen molar-refractivity contribution in [3.05, 3.63) is 78.3 Å². The first kappa shape index (κ1) is 27.8. The normalized spacial score (nSPS) is 17.7. The number of amides is 1. The lowest BCUT2D eigenvalue weighted by Gasteiger charge is -2.35. The van der Waals surface area contributed by atoms with Crippen LogP contribution in [0.4, 0.5) is 33.2 Å². The van der Waals surface area contributed by atoms with Gasteiger partial charge in [-0.25, -0.2) is 9.37 Å². The van der Waals surface area contributed by atoms with Gasteiger partial charge in [-0.2, -0.15) is 4.98 Å². The van der Waals surface area contributed by atoms with Gasteiger partial charge < -0.3 is 21.3 Å². The molecule has 0 spiro atoms. The van der Waals surface area contributed by atoms with Gasteiger partial charge in [-0.05, 0) is 56.7 Å². The Morgan fingerprint density at radius 2 is 1.76 bits per heavy atom. The summed E-state index contributed by atoms with van der Waals surface area (Å²) < 4.78 is 14.3. The molecule has 2 aromatic carbocycles. The Kier molecular flexibility index (Phi) is 9.71. The van der Waals surface area contributed by atoms with Crippen LogP contribution >= 0.6 is 0 Å². The van der Waals surface area contributed by atoms with Gasteiger partial charge in [-0.1, -0.05) is 31.7 Å². The molecule has 8 nitrogen and oxygen atoms in total. The van der Waals surface area contributed by atoms with E-state index >= 15 is 0 Å². The molecule has 1 saturated heterocycles. The van der Waals surface area contributed by atoms with Gasteiger partial charge in [0.1, 0.15) is 0 Å². The number of aromatic nitrogens is 2. The lowest BCUT2D eigenvalue weighted by atomic mass is 10.1. The number of hydrogen-bond acceptors (Lipinski definition) is 7. The summed E-state index contributed by atoms with van der Waals surface area (Å²) in [5.41, 5.74) is 3.07. The molecule has 1 aliphatic heterocycles. The van der Waals surface area contributed by atoms with Crippen LogP contribution in [0, 0.1) is 12.7 Å². The van der Waals surface area contributed by atoms with E-state index < -0.39 is 5.82 Å². The number of anilines is 5. The van der Waals surface area contributed by atoms with E-state index in [0.29, 0.717) is 23.5 Å². The second kappa shape index (κ2) is 12.9. The van der Waals surface area contributed by atoms with Gasteiger partial charge >= 0.3 is 0 Å². The quantitative estimate of drug-likeness (QED) is 0.312. The first-order valence-corrected chi connectivity index (χ1v) is 12.0. The van der Waals surface area contributed by atoms with Gasteiger partial charge in [0.15, 0.2) is 11.6 Å². The fourth-order valence-corrected chi connectivity index (χ4v) is 4.26. The van der Waals surface area contributed by atoms with Crippen LogP contribution in [-0.2, 0) is 4.79 Å². The van der Waals surface area contributed by atoms with Crippen LogP contribution in [0.2, 0.25) is 0 Å². The maximum absolute atomic E-state index is 14.3. The number of halogens is 1. The first-order chi connectivity index (χ1) is 17.3. The van der Waals surface area contributed by atoms with Crippen molar-refractivity contribution in [1.29, 1.82) is 0 Å². The highest BCUT2D eigenvalue weighted by atomic mass is 19.1. The fourth-order valence-electron chi connectivity index (χ4n) is 4.26. The summed E-state index contributed by atoms with van der Waals surface area (Å²) >= 11 is 0. The highest BCUT2D eigenvalue weighted by Gasteiger charge is 2.19. The smallest absolute Gasteiger partial charge is 0.248 e. The van der Waals surface area contributed by atoms with Crippen molar-refractivity contribution in [2.75, 3.05) is 35.6 Å². The van der Waals surface area contributed by atoms with Crippen molar-refractivity contribution >= 4 is 34.7 Å². The van der Waals surface area contributed by atoms with Crippen LogP contribution in [0.3, 0.4) is 0 Å². The van der Waals surface area contributed by atoms with Crippen LogP contribution in [-0.4, -0.2) is 52.5 Å². The number of hydrogen-bond donors (Lipinski definition) is 4. The summed E-state index contributed by atoms with van der Waals surface area (Å²) in [6.45, 7) is 8.93. The van der Waals surface area contributed by atoms with Gasteiger partial charge in [-0.15, -0.1) is 0 Å². The zero-order chi connectivity index (χ0) is 25.5. The van der Waals surface area contributed by atoms with Crippen LogP contribution < -0.4 is 21.3 Å². The topological polar surface area (TPSA) is 94.2 Å². The number of nitrogens with one attached hydrogen (secondary N) is 4. The largest absolute Gasteiger partial charge is 0.338 e. The second-order valence-electron chi connectivity index (χ2n) is 9.17. The van der Waals surface area contributed by atoms with Crippen molar-refractivity contribution in [1.82, 2.24) is 20.2 Å². The molecule has 0 radical (unpaired) electrons. The number of rotatable bonds is 8. The van der Waals surface area contributed by atoms with E-state index in [1.54, 1.807) is 24.3 Å². The van der Waals surface area contributed by atoms with Crippen molar-refractivity contribution in [2.24, 2.45) is 0 Å². The molecule has 2 heterocycles. The highest BCUT2D eigenvalue weighted by molar-refractivity contribution is 5.99. The van der Waals surface area contributed by atoms with Crippen LogP contribution in [0.15, 0.2) is 66.9 Å². The minimum Gasteiger partial charge on any atom is -0.338 e. The molecule has 4 N–H and O–H groups in total. The lowest BCUT2D eigenvalue weighted by Crippen LogP contribution is -2.54. The van der Waals surface area contributed by atoms with E-state index in [2.05, 4.69) is 50.0 Å². The molecule has 0 saturated carbocycles. The molecular formula is C28H36FN7O. The van der Waals surface area contributed by atoms with E-state index in [4.69, 9.17) is 0 Å². The summed E-state index contributed by atoms with van der Waals surface area (Å²) in [6, 6.07) is 15.7. The molecule has 1 fully saturated rings. The molecule has 1 aromatic heterocycles. The maximum Gasteiger partial charge on any atom is 0.248 e. The third-order valence-electron chi connectivity index (χ3n) is 5.68. The molecule has 37 heavy (non-hydrogen) atoms. The first-order valence-electron chi connectivity index (χ1n) is 12.0. The van der Waals surface area contributed by atoms with Crippen LogP contribution in [0.1, 0.15) is 26.8 Å².